The average Bonchev–Trinajstić information content (AvgIpc) is 2.15. The molecule has 0 heterocycles. The number of rotatable bonds is 9. The van der Waals surface area contributed by atoms with Crippen LogP contribution in [-0.4, -0.2) is 16.1 Å². The van der Waals surface area contributed by atoms with E-state index in [1.54, 1.807) is 0 Å². The number of amides is 2. The normalized spacial score (nSPS) is 11.4. The standard InChI is InChI=1S/C10H18Cl2N2O2/c11-10(12,9(14)16)7-5-3-1-2-4-6-8(13)15/h1-7H2,(H2,13,15)(H2,14,16). The molecule has 0 unspecified atom stereocenters. The first-order valence-corrected chi connectivity index (χ1v) is 6.08. The van der Waals surface area contributed by atoms with Crippen molar-refractivity contribution in [2.24, 2.45) is 11.5 Å². The number of carbonyl (C=O) groups is 2. The average molecular weight is 269 g/mol. The Morgan fingerprint density at radius 1 is 0.938 bits per heavy atom. The fourth-order valence-corrected chi connectivity index (χ4v) is 1.57. The highest BCUT2D eigenvalue weighted by Crippen LogP contribution is 2.27. The van der Waals surface area contributed by atoms with Crippen LogP contribution < -0.4 is 11.5 Å². The van der Waals surface area contributed by atoms with Crippen molar-refractivity contribution in [1.29, 1.82) is 0 Å². The van der Waals surface area contributed by atoms with Crippen molar-refractivity contribution < 1.29 is 9.59 Å². The monoisotopic (exact) mass is 268 g/mol. The van der Waals surface area contributed by atoms with Gasteiger partial charge in [0.1, 0.15) is 0 Å². The maximum absolute atomic E-state index is 10.8. The minimum absolute atomic E-state index is 0.269. The quantitative estimate of drug-likeness (QED) is 0.494. The van der Waals surface area contributed by atoms with Crippen LogP contribution in [0.5, 0.6) is 0 Å². The van der Waals surface area contributed by atoms with Crippen molar-refractivity contribution in [3.63, 3.8) is 0 Å². The summed E-state index contributed by atoms with van der Waals surface area (Å²) in [5, 5.41) is 0. The molecule has 0 bridgehead atoms. The lowest BCUT2D eigenvalue weighted by Gasteiger charge is -2.14. The molecule has 2 amide bonds. The molecule has 0 saturated carbocycles. The summed E-state index contributed by atoms with van der Waals surface area (Å²) in [6.45, 7) is 0. The van der Waals surface area contributed by atoms with Crippen LogP contribution >= 0.6 is 23.2 Å². The van der Waals surface area contributed by atoms with Crippen LogP contribution in [0.3, 0.4) is 0 Å². The summed E-state index contributed by atoms with van der Waals surface area (Å²) in [7, 11) is 0. The van der Waals surface area contributed by atoms with E-state index < -0.39 is 10.2 Å². The van der Waals surface area contributed by atoms with Crippen molar-refractivity contribution >= 4 is 35.0 Å². The molecule has 0 fully saturated rings. The van der Waals surface area contributed by atoms with Gasteiger partial charge in [-0.1, -0.05) is 42.5 Å². The van der Waals surface area contributed by atoms with Gasteiger partial charge in [0.15, 0.2) is 4.33 Å². The molecule has 0 aliphatic rings. The SMILES string of the molecule is NC(=O)CCCCCCCC(Cl)(Cl)C(N)=O. The highest BCUT2D eigenvalue weighted by molar-refractivity contribution is 6.57. The molecule has 4 N–H and O–H groups in total. The zero-order valence-electron chi connectivity index (χ0n) is 9.18. The van der Waals surface area contributed by atoms with Crippen LogP contribution in [-0.2, 0) is 9.59 Å². The molecule has 0 aromatic carbocycles. The molecular formula is C10H18Cl2N2O2. The van der Waals surface area contributed by atoms with Gasteiger partial charge in [-0.3, -0.25) is 9.59 Å². The third kappa shape index (κ3) is 7.77. The van der Waals surface area contributed by atoms with E-state index in [1.165, 1.54) is 0 Å². The number of unbranched alkanes of at least 4 members (excludes halogenated alkanes) is 4. The molecule has 0 saturated heterocycles. The van der Waals surface area contributed by atoms with Gasteiger partial charge in [-0.2, -0.15) is 0 Å². The van der Waals surface area contributed by atoms with Gasteiger partial charge in [-0.15, -0.1) is 0 Å². The van der Waals surface area contributed by atoms with E-state index in [-0.39, 0.29) is 5.91 Å². The molecule has 0 aliphatic carbocycles. The van der Waals surface area contributed by atoms with Gasteiger partial charge in [0.05, 0.1) is 0 Å². The maximum Gasteiger partial charge on any atom is 0.253 e. The predicted octanol–water partition coefficient (Wildman–Crippen LogP) is 1.86. The topological polar surface area (TPSA) is 86.2 Å². The van der Waals surface area contributed by atoms with Gasteiger partial charge in [0.2, 0.25) is 5.91 Å². The summed E-state index contributed by atoms with van der Waals surface area (Å²) in [6.07, 6.45) is 5.16. The number of hydrogen-bond acceptors (Lipinski definition) is 2. The summed E-state index contributed by atoms with van der Waals surface area (Å²) in [5.41, 5.74) is 10.0. The van der Waals surface area contributed by atoms with Gasteiger partial charge in [-0.25, -0.2) is 0 Å². The second kappa shape index (κ2) is 7.74. The summed E-state index contributed by atoms with van der Waals surface area (Å²) >= 11 is 11.4. The first-order valence-electron chi connectivity index (χ1n) is 5.32. The number of primary amides is 2. The lowest BCUT2D eigenvalue weighted by Crippen LogP contribution is -2.33. The Bertz CT molecular complexity index is 245. The number of halogens is 2. The van der Waals surface area contributed by atoms with Crippen LogP contribution in [0.1, 0.15) is 44.9 Å². The molecule has 6 heteroatoms. The summed E-state index contributed by atoms with van der Waals surface area (Å²) in [6, 6.07) is 0. The zero-order valence-corrected chi connectivity index (χ0v) is 10.7. The van der Waals surface area contributed by atoms with E-state index in [4.69, 9.17) is 34.7 Å². The van der Waals surface area contributed by atoms with Crippen molar-refractivity contribution in [2.45, 2.75) is 49.3 Å². The molecule has 0 aliphatic heterocycles. The van der Waals surface area contributed by atoms with E-state index in [0.717, 1.165) is 32.1 Å². The molecule has 0 radical (unpaired) electrons. The van der Waals surface area contributed by atoms with Crippen molar-refractivity contribution in [1.82, 2.24) is 0 Å². The second-order valence-corrected chi connectivity index (χ2v) is 5.29. The second-order valence-electron chi connectivity index (χ2n) is 3.80. The Morgan fingerprint density at radius 3 is 1.94 bits per heavy atom. The molecular weight excluding hydrogens is 251 g/mol. The minimum Gasteiger partial charge on any atom is -0.370 e. The van der Waals surface area contributed by atoms with Crippen LogP contribution in [0.2, 0.25) is 0 Å². The fourth-order valence-electron chi connectivity index (χ4n) is 1.30. The van der Waals surface area contributed by atoms with Crippen LogP contribution in [0.15, 0.2) is 0 Å². The van der Waals surface area contributed by atoms with Crippen molar-refractivity contribution in [3.05, 3.63) is 0 Å². The Balaban J connectivity index is 3.40. The highest BCUT2D eigenvalue weighted by atomic mass is 35.5. The smallest absolute Gasteiger partial charge is 0.253 e. The Hall–Kier alpha value is -0.480. The van der Waals surface area contributed by atoms with Crippen molar-refractivity contribution in [3.8, 4) is 0 Å². The fraction of sp³-hybridized carbons (Fsp3) is 0.800. The lowest BCUT2D eigenvalue weighted by molar-refractivity contribution is -0.119. The van der Waals surface area contributed by atoms with Gasteiger partial charge in [0, 0.05) is 6.42 Å². The van der Waals surface area contributed by atoms with Crippen LogP contribution in [0.4, 0.5) is 0 Å². The Kier molecular flexibility index (Phi) is 7.51. The number of hydrogen-bond donors (Lipinski definition) is 2. The summed E-state index contributed by atoms with van der Waals surface area (Å²) in [4.78, 5) is 21.2. The third-order valence-corrected chi connectivity index (χ3v) is 3.02. The van der Waals surface area contributed by atoms with E-state index in [0.29, 0.717) is 12.8 Å². The molecule has 0 aromatic rings. The molecule has 94 valence electrons. The van der Waals surface area contributed by atoms with E-state index in [1.807, 2.05) is 0 Å². The lowest BCUT2D eigenvalue weighted by atomic mass is 10.1. The zero-order chi connectivity index (χ0) is 12.6. The molecule has 0 atom stereocenters. The first-order chi connectivity index (χ1) is 7.36. The molecule has 4 nitrogen and oxygen atoms in total. The van der Waals surface area contributed by atoms with Gasteiger partial charge < -0.3 is 11.5 Å². The largest absolute Gasteiger partial charge is 0.370 e. The highest BCUT2D eigenvalue weighted by Gasteiger charge is 2.30. The van der Waals surface area contributed by atoms with E-state index in [9.17, 15) is 9.59 Å². The van der Waals surface area contributed by atoms with Crippen molar-refractivity contribution in [2.75, 3.05) is 0 Å². The molecule has 0 spiro atoms. The Labute approximate surface area is 106 Å². The van der Waals surface area contributed by atoms with Gasteiger partial charge in [0.25, 0.3) is 5.91 Å². The Morgan fingerprint density at radius 2 is 1.44 bits per heavy atom. The number of alkyl halides is 2. The summed E-state index contributed by atoms with van der Waals surface area (Å²) in [5.74, 6) is -0.973. The molecule has 16 heavy (non-hydrogen) atoms. The minimum atomic E-state index is -1.45. The molecule has 0 aromatic heterocycles. The van der Waals surface area contributed by atoms with Crippen LogP contribution in [0, 0.1) is 0 Å². The molecule has 0 rings (SSSR count). The van der Waals surface area contributed by atoms with Gasteiger partial charge in [-0.05, 0) is 19.3 Å². The van der Waals surface area contributed by atoms with Gasteiger partial charge >= 0.3 is 0 Å². The van der Waals surface area contributed by atoms with E-state index >= 15 is 0 Å². The first kappa shape index (κ1) is 15.5. The number of carbonyl (C=O) groups excluding carboxylic acids is 2. The summed E-state index contributed by atoms with van der Waals surface area (Å²) < 4.78 is -1.45. The predicted molar refractivity (Wildman–Crippen MR) is 65.1 cm³/mol. The number of nitrogens with two attached hydrogens (primary N) is 2. The van der Waals surface area contributed by atoms with Crippen LogP contribution in [0.25, 0.3) is 0 Å². The maximum atomic E-state index is 10.8. The third-order valence-electron chi connectivity index (χ3n) is 2.27. The van der Waals surface area contributed by atoms with E-state index in [2.05, 4.69) is 0 Å².